The SMILES string of the molecule is CCn1nc(C)c(C(=O)N[C@@H](C)c2nc(-c3cccc(F)c3)no2)n1. The number of aromatic nitrogens is 5. The molecule has 0 unspecified atom stereocenters. The molecule has 8 nitrogen and oxygen atoms in total. The molecule has 0 spiro atoms. The summed E-state index contributed by atoms with van der Waals surface area (Å²) >= 11 is 0. The van der Waals surface area contributed by atoms with Gasteiger partial charge in [-0.25, -0.2) is 4.39 Å². The van der Waals surface area contributed by atoms with Crippen LogP contribution in [0, 0.1) is 12.7 Å². The number of hydrogen-bond donors (Lipinski definition) is 1. The van der Waals surface area contributed by atoms with Crippen LogP contribution in [0.2, 0.25) is 0 Å². The van der Waals surface area contributed by atoms with E-state index in [1.165, 1.54) is 16.9 Å². The first-order chi connectivity index (χ1) is 12.0. The summed E-state index contributed by atoms with van der Waals surface area (Å²) in [5.74, 6) is -0.299. The average molecular weight is 344 g/mol. The first-order valence-electron chi connectivity index (χ1n) is 7.80. The maximum atomic E-state index is 13.3. The molecule has 0 radical (unpaired) electrons. The summed E-state index contributed by atoms with van der Waals surface area (Å²) in [6.45, 7) is 5.88. The largest absolute Gasteiger partial charge is 0.339 e. The van der Waals surface area contributed by atoms with E-state index in [0.29, 0.717) is 17.8 Å². The molecule has 0 aliphatic rings. The van der Waals surface area contributed by atoms with Crippen molar-refractivity contribution in [3.05, 3.63) is 47.4 Å². The number of carbonyl (C=O) groups is 1. The molecule has 130 valence electrons. The van der Waals surface area contributed by atoms with E-state index in [-0.39, 0.29) is 29.1 Å². The smallest absolute Gasteiger partial charge is 0.274 e. The van der Waals surface area contributed by atoms with Crippen LogP contribution < -0.4 is 5.32 Å². The van der Waals surface area contributed by atoms with Crippen LogP contribution in [-0.4, -0.2) is 31.0 Å². The third-order valence-corrected chi connectivity index (χ3v) is 3.56. The number of hydrogen-bond acceptors (Lipinski definition) is 6. The van der Waals surface area contributed by atoms with E-state index in [4.69, 9.17) is 4.52 Å². The Morgan fingerprint density at radius 2 is 2.20 bits per heavy atom. The molecule has 0 aliphatic carbocycles. The molecule has 1 amide bonds. The Morgan fingerprint density at radius 1 is 1.40 bits per heavy atom. The standard InChI is InChI=1S/C16H17FN6O2/c1-4-23-20-9(2)13(21-23)15(24)18-10(3)16-19-14(22-25-16)11-6-5-7-12(17)8-11/h5-8,10H,4H2,1-3H3,(H,18,24)/t10-/m0/s1. The number of carbonyl (C=O) groups excluding carboxylic acids is 1. The van der Waals surface area contributed by atoms with Gasteiger partial charge in [0.25, 0.3) is 5.91 Å². The first-order valence-corrected chi connectivity index (χ1v) is 7.80. The van der Waals surface area contributed by atoms with E-state index in [0.717, 1.165) is 0 Å². The molecule has 3 rings (SSSR count). The fraction of sp³-hybridized carbons (Fsp3) is 0.312. The molecule has 0 saturated carbocycles. The molecule has 2 heterocycles. The van der Waals surface area contributed by atoms with Crippen molar-refractivity contribution in [1.29, 1.82) is 0 Å². The molecule has 25 heavy (non-hydrogen) atoms. The zero-order chi connectivity index (χ0) is 18.0. The molecule has 0 bridgehead atoms. The van der Waals surface area contributed by atoms with E-state index in [1.54, 1.807) is 26.0 Å². The highest BCUT2D eigenvalue weighted by molar-refractivity contribution is 5.93. The summed E-state index contributed by atoms with van der Waals surface area (Å²) < 4.78 is 18.5. The predicted octanol–water partition coefficient (Wildman–Crippen LogP) is 2.29. The van der Waals surface area contributed by atoms with Crippen LogP contribution >= 0.6 is 0 Å². The molecular formula is C16H17FN6O2. The molecule has 3 aromatic rings. The minimum atomic E-state index is -0.534. The molecule has 1 N–H and O–H groups in total. The Balaban J connectivity index is 1.74. The van der Waals surface area contributed by atoms with Crippen LogP contribution in [0.4, 0.5) is 4.39 Å². The van der Waals surface area contributed by atoms with Gasteiger partial charge >= 0.3 is 0 Å². The van der Waals surface area contributed by atoms with Gasteiger partial charge in [0.15, 0.2) is 5.69 Å². The minimum absolute atomic E-state index is 0.216. The van der Waals surface area contributed by atoms with Gasteiger partial charge in [0.1, 0.15) is 11.9 Å². The number of nitrogens with zero attached hydrogens (tertiary/aromatic N) is 5. The lowest BCUT2D eigenvalue weighted by Gasteiger charge is -2.08. The molecule has 0 aliphatic heterocycles. The number of rotatable bonds is 5. The number of aryl methyl sites for hydroxylation is 2. The van der Waals surface area contributed by atoms with Gasteiger partial charge in [-0.2, -0.15) is 14.9 Å². The maximum Gasteiger partial charge on any atom is 0.274 e. The highest BCUT2D eigenvalue weighted by Crippen LogP contribution is 2.19. The van der Waals surface area contributed by atoms with E-state index >= 15 is 0 Å². The summed E-state index contributed by atoms with van der Waals surface area (Å²) in [6.07, 6.45) is 0. The van der Waals surface area contributed by atoms with Gasteiger partial charge < -0.3 is 9.84 Å². The summed E-state index contributed by atoms with van der Waals surface area (Å²) in [4.78, 5) is 18.0. The van der Waals surface area contributed by atoms with Crippen LogP contribution in [0.15, 0.2) is 28.8 Å². The third kappa shape index (κ3) is 3.54. The average Bonchev–Trinajstić information content (AvgIpc) is 3.21. The van der Waals surface area contributed by atoms with Crippen LogP contribution in [0.25, 0.3) is 11.4 Å². The summed E-state index contributed by atoms with van der Waals surface area (Å²) in [5, 5.41) is 14.8. The molecule has 0 fully saturated rings. The second-order valence-electron chi connectivity index (χ2n) is 5.48. The van der Waals surface area contributed by atoms with Crippen molar-refractivity contribution in [3.63, 3.8) is 0 Å². The second-order valence-corrected chi connectivity index (χ2v) is 5.48. The fourth-order valence-corrected chi connectivity index (χ4v) is 2.26. The molecule has 2 aromatic heterocycles. The maximum absolute atomic E-state index is 13.3. The van der Waals surface area contributed by atoms with Crippen molar-refractivity contribution in [1.82, 2.24) is 30.5 Å². The third-order valence-electron chi connectivity index (χ3n) is 3.56. The number of halogens is 1. The number of benzene rings is 1. The first kappa shape index (κ1) is 16.7. The molecule has 0 saturated heterocycles. The fourth-order valence-electron chi connectivity index (χ4n) is 2.26. The topological polar surface area (TPSA) is 98.7 Å². The highest BCUT2D eigenvalue weighted by Gasteiger charge is 2.21. The van der Waals surface area contributed by atoms with Gasteiger partial charge in [0, 0.05) is 5.56 Å². The Kier molecular flexibility index (Phi) is 4.55. The summed E-state index contributed by atoms with van der Waals surface area (Å²) in [5.41, 5.74) is 1.28. The van der Waals surface area contributed by atoms with Crippen LogP contribution in [0.1, 0.15) is 42.0 Å². The zero-order valence-corrected chi connectivity index (χ0v) is 14.0. The van der Waals surface area contributed by atoms with E-state index in [9.17, 15) is 9.18 Å². The second kappa shape index (κ2) is 6.80. The van der Waals surface area contributed by atoms with Crippen LogP contribution in [-0.2, 0) is 6.54 Å². The van der Waals surface area contributed by atoms with Gasteiger partial charge in [-0.15, -0.1) is 5.10 Å². The van der Waals surface area contributed by atoms with Gasteiger partial charge in [0.2, 0.25) is 11.7 Å². The van der Waals surface area contributed by atoms with Gasteiger partial charge in [-0.1, -0.05) is 17.3 Å². The van der Waals surface area contributed by atoms with Crippen LogP contribution in [0.5, 0.6) is 0 Å². The Hall–Kier alpha value is -3.10. The van der Waals surface area contributed by atoms with Gasteiger partial charge in [0.05, 0.1) is 12.2 Å². The highest BCUT2D eigenvalue weighted by atomic mass is 19.1. The monoisotopic (exact) mass is 344 g/mol. The van der Waals surface area contributed by atoms with Crippen LogP contribution in [0.3, 0.4) is 0 Å². The molecule has 1 atom stereocenters. The van der Waals surface area contributed by atoms with E-state index < -0.39 is 6.04 Å². The Morgan fingerprint density at radius 3 is 2.88 bits per heavy atom. The molecule has 9 heteroatoms. The van der Waals surface area contributed by atoms with Crippen molar-refractivity contribution >= 4 is 5.91 Å². The summed E-state index contributed by atoms with van der Waals surface area (Å²) in [7, 11) is 0. The van der Waals surface area contributed by atoms with Gasteiger partial charge in [-0.3, -0.25) is 4.79 Å². The quantitative estimate of drug-likeness (QED) is 0.762. The van der Waals surface area contributed by atoms with Crippen molar-refractivity contribution < 1.29 is 13.7 Å². The summed E-state index contributed by atoms with van der Waals surface area (Å²) in [6, 6.07) is 5.34. The number of nitrogens with one attached hydrogen (secondary N) is 1. The van der Waals surface area contributed by atoms with Gasteiger partial charge in [-0.05, 0) is 32.9 Å². The van der Waals surface area contributed by atoms with Crippen molar-refractivity contribution in [3.8, 4) is 11.4 Å². The minimum Gasteiger partial charge on any atom is -0.339 e. The Bertz CT molecular complexity index is 904. The van der Waals surface area contributed by atoms with Crippen molar-refractivity contribution in [2.75, 3.05) is 0 Å². The van der Waals surface area contributed by atoms with E-state index in [2.05, 4.69) is 25.7 Å². The zero-order valence-electron chi connectivity index (χ0n) is 14.0. The lowest BCUT2D eigenvalue weighted by molar-refractivity contribution is 0.0926. The molecule has 1 aromatic carbocycles. The van der Waals surface area contributed by atoms with E-state index in [1.807, 2.05) is 6.92 Å². The van der Waals surface area contributed by atoms with Crippen molar-refractivity contribution in [2.45, 2.75) is 33.4 Å². The number of amides is 1. The lowest BCUT2D eigenvalue weighted by Crippen LogP contribution is -2.28. The molecular weight excluding hydrogens is 327 g/mol. The van der Waals surface area contributed by atoms with Crippen molar-refractivity contribution in [2.24, 2.45) is 0 Å². The lowest BCUT2D eigenvalue weighted by atomic mass is 10.2. The normalized spacial score (nSPS) is 12.2. The predicted molar refractivity (Wildman–Crippen MR) is 86.0 cm³/mol. The Labute approximate surface area is 143 Å².